The second-order valence-electron chi connectivity index (χ2n) is 5.67. The second-order valence-corrected chi connectivity index (χ2v) is 6.06. The summed E-state index contributed by atoms with van der Waals surface area (Å²) in [7, 11) is 0. The van der Waals surface area contributed by atoms with Crippen LogP contribution in [0, 0.1) is 0 Å². The van der Waals surface area contributed by atoms with Crippen molar-refractivity contribution in [3.05, 3.63) is 17.3 Å². The van der Waals surface area contributed by atoms with Gasteiger partial charge in [0.05, 0.1) is 0 Å². The van der Waals surface area contributed by atoms with Crippen LogP contribution < -0.4 is 10.2 Å². The highest BCUT2D eigenvalue weighted by Gasteiger charge is 2.36. The Bertz CT molecular complexity index is 410. The molecule has 2 fully saturated rings. The van der Waals surface area contributed by atoms with Gasteiger partial charge in [-0.1, -0.05) is 18.5 Å². The highest BCUT2D eigenvalue weighted by atomic mass is 35.5. The number of nitrogens with one attached hydrogen (secondary N) is 1. The molecule has 1 N–H and O–H groups in total. The number of aromatic nitrogens is 2. The van der Waals surface area contributed by atoms with E-state index in [2.05, 4.69) is 27.3 Å². The Labute approximate surface area is 119 Å². The summed E-state index contributed by atoms with van der Waals surface area (Å²) in [6.45, 7) is 3.26. The van der Waals surface area contributed by atoms with Crippen molar-refractivity contribution in [3.63, 3.8) is 0 Å². The van der Waals surface area contributed by atoms with Gasteiger partial charge in [0.2, 0.25) is 0 Å². The topological polar surface area (TPSA) is 41.1 Å². The summed E-state index contributed by atoms with van der Waals surface area (Å²) in [6, 6.07) is 5.82. The van der Waals surface area contributed by atoms with E-state index in [9.17, 15) is 0 Å². The highest BCUT2D eigenvalue weighted by Crippen LogP contribution is 2.31. The fourth-order valence-corrected chi connectivity index (χ4v) is 3.57. The smallest absolute Gasteiger partial charge is 0.151 e. The van der Waals surface area contributed by atoms with Crippen molar-refractivity contribution in [2.75, 3.05) is 11.4 Å². The Morgan fingerprint density at radius 2 is 2.00 bits per heavy atom. The number of piperidine rings is 1. The molecule has 2 atom stereocenters. The molecule has 0 spiro atoms. The predicted molar refractivity (Wildman–Crippen MR) is 77.6 cm³/mol. The van der Waals surface area contributed by atoms with Crippen LogP contribution in [0.25, 0.3) is 0 Å². The van der Waals surface area contributed by atoms with Gasteiger partial charge < -0.3 is 10.2 Å². The minimum absolute atomic E-state index is 0.463. The molecule has 2 aliphatic heterocycles. The zero-order chi connectivity index (χ0) is 13.2. The lowest BCUT2D eigenvalue weighted by Gasteiger charge is -2.38. The minimum atomic E-state index is 0.463. The molecule has 2 bridgehead atoms. The molecule has 0 amide bonds. The number of rotatable bonds is 4. The quantitative estimate of drug-likeness (QED) is 0.921. The Morgan fingerprint density at radius 3 is 2.58 bits per heavy atom. The van der Waals surface area contributed by atoms with Gasteiger partial charge in [-0.3, -0.25) is 0 Å². The third-order valence-corrected chi connectivity index (χ3v) is 4.47. The number of fused-ring (bicyclic) bond motifs is 2. The Hall–Kier alpha value is -0.870. The van der Waals surface area contributed by atoms with Crippen LogP contribution in [-0.4, -0.2) is 34.9 Å². The van der Waals surface area contributed by atoms with Gasteiger partial charge in [-0.05, 0) is 44.2 Å². The maximum absolute atomic E-state index is 5.83. The van der Waals surface area contributed by atoms with Crippen LogP contribution in [0.4, 0.5) is 5.82 Å². The molecule has 4 nitrogen and oxygen atoms in total. The molecule has 3 heterocycles. The Morgan fingerprint density at radius 1 is 1.26 bits per heavy atom. The second kappa shape index (κ2) is 5.63. The van der Waals surface area contributed by atoms with Gasteiger partial charge in [-0.2, -0.15) is 0 Å². The molecule has 2 unspecified atom stereocenters. The van der Waals surface area contributed by atoms with Crippen molar-refractivity contribution in [2.45, 2.75) is 57.2 Å². The Balaban J connectivity index is 1.78. The molecule has 0 aromatic carbocycles. The number of hydrogen-bond donors (Lipinski definition) is 1. The molecule has 0 aliphatic carbocycles. The first kappa shape index (κ1) is 13.1. The lowest BCUT2D eigenvalue weighted by Crippen LogP contribution is -2.49. The van der Waals surface area contributed by atoms with Crippen molar-refractivity contribution in [1.29, 1.82) is 0 Å². The largest absolute Gasteiger partial charge is 0.352 e. The van der Waals surface area contributed by atoms with E-state index in [0.717, 1.165) is 18.8 Å². The standard InChI is InChI=1S/C14H21ClN4/c1-2-7-19(14-6-5-13(15)17-18-14)12-8-10-3-4-11(9-12)16-10/h5-6,10-12,16H,2-4,7-9H2,1H3. The van der Waals surface area contributed by atoms with Crippen molar-refractivity contribution < 1.29 is 0 Å². The van der Waals surface area contributed by atoms with Crippen LogP contribution >= 0.6 is 11.6 Å². The van der Waals surface area contributed by atoms with Crippen LogP contribution in [0.3, 0.4) is 0 Å². The van der Waals surface area contributed by atoms with Crippen molar-refractivity contribution in [2.24, 2.45) is 0 Å². The minimum Gasteiger partial charge on any atom is -0.352 e. The van der Waals surface area contributed by atoms with E-state index in [4.69, 9.17) is 11.6 Å². The molecular weight excluding hydrogens is 260 g/mol. The summed E-state index contributed by atoms with van der Waals surface area (Å²) in [6.07, 6.45) is 6.23. The molecule has 0 radical (unpaired) electrons. The number of anilines is 1. The van der Waals surface area contributed by atoms with E-state index in [1.165, 1.54) is 25.7 Å². The molecule has 19 heavy (non-hydrogen) atoms. The average molecular weight is 281 g/mol. The first-order valence-electron chi connectivity index (χ1n) is 7.28. The summed E-state index contributed by atoms with van der Waals surface area (Å²) in [5.74, 6) is 0.970. The van der Waals surface area contributed by atoms with Crippen LogP contribution in [0.5, 0.6) is 0 Å². The summed E-state index contributed by atoms with van der Waals surface area (Å²) in [5.41, 5.74) is 0. The molecule has 5 heteroatoms. The molecular formula is C14H21ClN4. The number of hydrogen-bond acceptors (Lipinski definition) is 4. The van der Waals surface area contributed by atoms with Gasteiger partial charge >= 0.3 is 0 Å². The van der Waals surface area contributed by atoms with E-state index in [0.29, 0.717) is 23.3 Å². The summed E-state index contributed by atoms with van der Waals surface area (Å²) < 4.78 is 0. The van der Waals surface area contributed by atoms with Gasteiger partial charge in [-0.15, -0.1) is 10.2 Å². The normalized spacial score (nSPS) is 29.5. The van der Waals surface area contributed by atoms with E-state index in [1.807, 2.05) is 12.1 Å². The first-order chi connectivity index (χ1) is 9.26. The van der Waals surface area contributed by atoms with Gasteiger partial charge in [0, 0.05) is 24.7 Å². The molecule has 2 aliphatic rings. The summed E-state index contributed by atoms with van der Waals surface area (Å²) in [4.78, 5) is 2.43. The lowest BCUT2D eigenvalue weighted by atomic mass is 9.98. The molecule has 1 aromatic heterocycles. The SMILES string of the molecule is CCCN(c1ccc(Cl)nn1)C1CC2CCC(C1)N2. The van der Waals surface area contributed by atoms with Crippen LogP contribution in [0.2, 0.25) is 5.15 Å². The Kier molecular flexibility index (Phi) is 3.89. The van der Waals surface area contributed by atoms with Gasteiger partial charge in [-0.25, -0.2) is 0 Å². The number of halogens is 1. The van der Waals surface area contributed by atoms with Crippen molar-refractivity contribution in [1.82, 2.24) is 15.5 Å². The number of nitrogens with zero attached hydrogens (tertiary/aromatic N) is 3. The molecule has 104 valence electrons. The van der Waals surface area contributed by atoms with Gasteiger partial charge in [0.25, 0.3) is 0 Å². The lowest BCUT2D eigenvalue weighted by molar-refractivity contribution is 0.345. The van der Waals surface area contributed by atoms with E-state index >= 15 is 0 Å². The van der Waals surface area contributed by atoms with E-state index in [1.54, 1.807) is 0 Å². The van der Waals surface area contributed by atoms with E-state index < -0.39 is 0 Å². The average Bonchev–Trinajstić information content (AvgIpc) is 2.76. The van der Waals surface area contributed by atoms with Crippen LogP contribution in [-0.2, 0) is 0 Å². The zero-order valence-electron chi connectivity index (χ0n) is 11.3. The maximum Gasteiger partial charge on any atom is 0.151 e. The molecule has 1 aromatic rings. The molecule has 2 saturated heterocycles. The van der Waals surface area contributed by atoms with Crippen molar-refractivity contribution in [3.8, 4) is 0 Å². The third-order valence-electron chi connectivity index (χ3n) is 4.27. The zero-order valence-corrected chi connectivity index (χ0v) is 12.1. The summed E-state index contributed by atoms with van der Waals surface area (Å²) in [5, 5.41) is 12.4. The molecule has 3 rings (SSSR count). The third kappa shape index (κ3) is 2.84. The molecule has 0 saturated carbocycles. The van der Waals surface area contributed by atoms with Crippen LogP contribution in [0.1, 0.15) is 39.0 Å². The van der Waals surface area contributed by atoms with Crippen molar-refractivity contribution >= 4 is 17.4 Å². The fourth-order valence-electron chi connectivity index (χ4n) is 3.47. The first-order valence-corrected chi connectivity index (χ1v) is 7.66. The fraction of sp³-hybridized carbons (Fsp3) is 0.714. The highest BCUT2D eigenvalue weighted by molar-refractivity contribution is 6.29. The van der Waals surface area contributed by atoms with Gasteiger partial charge in [0.15, 0.2) is 11.0 Å². The van der Waals surface area contributed by atoms with Gasteiger partial charge in [0.1, 0.15) is 0 Å². The van der Waals surface area contributed by atoms with E-state index in [-0.39, 0.29) is 0 Å². The maximum atomic E-state index is 5.83. The monoisotopic (exact) mass is 280 g/mol. The summed E-state index contributed by atoms with van der Waals surface area (Å²) >= 11 is 5.83. The predicted octanol–water partition coefficient (Wildman–Crippen LogP) is 2.63. The van der Waals surface area contributed by atoms with Crippen LogP contribution in [0.15, 0.2) is 12.1 Å².